The summed E-state index contributed by atoms with van der Waals surface area (Å²) in [5, 5.41) is 2.41. The lowest BCUT2D eigenvalue weighted by Gasteiger charge is -2.16. The highest BCUT2D eigenvalue weighted by molar-refractivity contribution is 7.93. The average molecular weight is 312 g/mol. The van der Waals surface area contributed by atoms with Crippen LogP contribution in [0.1, 0.15) is 16.8 Å². The monoisotopic (exact) mass is 312 g/mol. The molecule has 1 aromatic carbocycles. The maximum atomic E-state index is 11.8. The van der Waals surface area contributed by atoms with Gasteiger partial charge in [0.2, 0.25) is 10.0 Å². The molecule has 1 aromatic rings. The molecule has 2 rings (SSSR count). The number of sulfonamides is 1. The summed E-state index contributed by atoms with van der Waals surface area (Å²) in [6.07, 6.45) is 0.601. The van der Waals surface area contributed by atoms with Gasteiger partial charge in [-0.15, -0.1) is 0 Å². The molecule has 1 N–H and O–H groups in total. The fraction of sp³-hybridized carbons (Fsp3) is 0.385. The number of nitrogens with zero attached hydrogens (tertiary/aromatic N) is 1. The van der Waals surface area contributed by atoms with Crippen molar-refractivity contribution in [3.8, 4) is 0 Å². The van der Waals surface area contributed by atoms with Crippen LogP contribution in [0.25, 0.3) is 0 Å². The number of rotatable bonds is 4. The van der Waals surface area contributed by atoms with Crippen LogP contribution in [-0.4, -0.2) is 46.2 Å². The summed E-state index contributed by atoms with van der Waals surface area (Å²) < 4.78 is 29.3. The molecule has 8 heteroatoms. The number of esters is 1. The molecule has 1 aliphatic rings. The number of ether oxygens (including phenoxy) is 1. The minimum Gasteiger partial charge on any atom is -0.468 e. The number of carbonyl (C=O) groups excluding carboxylic acids is 2. The van der Waals surface area contributed by atoms with E-state index in [4.69, 9.17) is 0 Å². The van der Waals surface area contributed by atoms with Crippen LogP contribution in [0, 0.1) is 0 Å². The molecule has 1 aliphatic heterocycles. The lowest BCUT2D eigenvalue weighted by atomic mass is 10.2. The fourth-order valence-electron chi connectivity index (χ4n) is 2.04. The van der Waals surface area contributed by atoms with Crippen molar-refractivity contribution in [2.45, 2.75) is 6.42 Å². The Kier molecular flexibility index (Phi) is 4.46. The molecule has 0 spiro atoms. The summed E-state index contributed by atoms with van der Waals surface area (Å²) in [5.74, 6) is -0.812. The molecule has 21 heavy (non-hydrogen) atoms. The summed E-state index contributed by atoms with van der Waals surface area (Å²) in [7, 11) is -1.99. The third kappa shape index (κ3) is 3.52. The largest absolute Gasteiger partial charge is 0.468 e. The third-order valence-corrected chi connectivity index (χ3v) is 5.01. The summed E-state index contributed by atoms with van der Waals surface area (Å²) >= 11 is 0. The van der Waals surface area contributed by atoms with E-state index in [-0.39, 0.29) is 12.3 Å². The SMILES string of the molecule is COC(=O)CNC(=O)c1ccc(N2CCCS2(=O)=O)cc1. The first-order chi connectivity index (χ1) is 9.94. The standard InChI is InChI=1S/C13H16N2O5S/c1-20-12(16)9-14-13(17)10-3-5-11(6-4-10)15-7-2-8-21(15,18)19/h3-6H,2,7-9H2,1H3,(H,14,17). The normalized spacial score (nSPS) is 16.5. The molecule has 1 saturated heterocycles. The summed E-state index contributed by atoms with van der Waals surface area (Å²) in [4.78, 5) is 22.7. The van der Waals surface area contributed by atoms with E-state index in [9.17, 15) is 18.0 Å². The molecule has 0 unspecified atom stereocenters. The van der Waals surface area contributed by atoms with Crippen molar-refractivity contribution in [3.05, 3.63) is 29.8 Å². The van der Waals surface area contributed by atoms with Crippen LogP contribution in [-0.2, 0) is 19.6 Å². The minimum atomic E-state index is -3.23. The maximum Gasteiger partial charge on any atom is 0.325 e. The van der Waals surface area contributed by atoms with E-state index in [0.29, 0.717) is 24.2 Å². The van der Waals surface area contributed by atoms with Gasteiger partial charge in [-0.2, -0.15) is 0 Å². The zero-order valence-corrected chi connectivity index (χ0v) is 12.4. The van der Waals surface area contributed by atoms with E-state index in [1.807, 2.05) is 0 Å². The van der Waals surface area contributed by atoms with Crippen molar-refractivity contribution in [1.82, 2.24) is 5.32 Å². The Balaban J connectivity index is 2.05. The van der Waals surface area contributed by atoms with Crippen molar-refractivity contribution in [1.29, 1.82) is 0 Å². The van der Waals surface area contributed by atoms with E-state index in [1.54, 1.807) is 12.1 Å². The molecule has 0 atom stereocenters. The first-order valence-corrected chi connectivity index (χ1v) is 8.00. The van der Waals surface area contributed by atoms with Crippen LogP contribution in [0.4, 0.5) is 5.69 Å². The Bertz CT molecular complexity index is 639. The van der Waals surface area contributed by atoms with E-state index >= 15 is 0 Å². The molecule has 1 amide bonds. The van der Waals surface area contributed by atoms with Gasteiger partial charge < -0.3 is 10.1 Å². The highest BCUT2D eigenvalue weighted by Crippen LogP contribution is 2.24. The second-order valence-electron chi connectivity index (χ2n) is 4.55. The molecular weight excluding hydrogens is 296 g/mol. The van der Waals surface area contributed by atoms with E-state index in [0.717, 1.165) is 0 Å². The van der Waals surface area contributed by atoms with Crippen molar-refractivity contribution < 1.29 is 22.7 Å². The van der Waals surface area contributed by atoms with Crippen LogP contribution in [0.15, 0.2) is 24.3 Å². The first-order valence-electron chi connectivity index (χ1n) is 6.39. The Morgan fingerprint density at radius 3 is 2.48 bits per heavy atom. The number of amides is 1. The van der Waals surface area contributed by atoms with Crippen molar-refractivity contribution in [2.75, 3.05) is 30.3 Å². The van der Waals surface area contributed by atoms with E-state index < -0.39 is 21.9 Å². The number of carbonyl (C=O) groups is 2. The highest BCUT2D eigenvalue weighted by Gasteiger charge is 2.28. The van der Waals surface area contributed by atoms with Crippen molar-refractivity contribution in [2.24, 2.45) is 0 Å². The van der Waals surface area contributed by atoms with Crippen LogP contribution in [0.3, 0.4) is 0 Å². The number of methoxy groups -OCH3 is 1. The van der Waals surface area contributed by atoms with Crippen LogP contribution < -0.4 is 9.62 Å². The second-order valence-corrected chi connectivity index (χ2v) is 6.56. The Morgan fingerprint density at radius 2 is 1.95 bits per heavy atom. The van der Waals surface area contributed by atoms with Gasteiger partial charge >= 0.3 is 5.97 Å². The van der Waals surface area contributed by atoms with Gasteiger partial charge in [0.1, 0.15) is 6.54 Å². The summed E-state index contributed by atoms with van der Waals surface area (Å²) in [6.45, 7) is 0.244. The van der Waals surface area contributed by atoms with Gasteiger partial charge in [0.25, 0.3) is 5.91 Å². The van der Waals surface area contributed by atoms with Gasteiger partial charge in [-0.1, -0.05) is 0 Å². The van der Waals surface area contributed by atoms with Crippen LogP contribution in [0.2, 0.25) is 0 Å². The highest BCUT2D eigenvalue weighted by atomic mass is 32.2. The number of hydrogen-bond acceptors (Lipinski definition) is 5. The predicted molar refractivity (Wildman–Crippen MR) is 76.5 cm³/mol. The maximum absolute atomic E-state index is 11.8. The summed E-state index contributed by atoms with van der Waals surface area (Å²) in [6, 6.07) is 6.21. The quantitative estimate of drug-likeness (QED) is 0.798. The second kappa shape index (κ2) is 6.13. The molecule has 7 nitrogen and oxygen atoms in total. The number of hydrogen-bond donors (Lipinski definition) is 1. The predicted octanol–water partition coefficient (Wildman–Crippen LogP) is 0.129. The molecular formula is C13H16N2O5S. The number of benzene rings is 1. The average Bonchev–Trinajstić information content (AvgIpc) is 2.84. The smallest absolute Gasteiger partial charge is 0.325 e. The third-order valence-electron chi connectivity index (χ3n) is 3.14. The molecule has 0 bridgehead atoms. The van der Waals surface area contributed by atoms with Gasteiger partial charge in [-0.05, 0) is 30.7 Å². The van der Waals surface area contributed by atoms with Gasteiger partial charge in [-0.25, -0.2) is 8.42 Å². The molecule has 0 radical (unpaired) electrons. The van der Waals surface area contributed by atoms with Crippen LogP contribution in [0.5, 0.6) is 0 Å². The topological polar surface area (TPSA) is 92.8 Å². The Labute approximate surface area is 122 Å². The molecule has 1 fully saturated rings. The van der Waals surface area contributed by atoms with Gasteiger partial charge in [0.15, 0.2) is 0 Å². The zero-order valence-electron chi connectivity index (χ0n) is 11.5. The zero-order chi connectivity index (χ0) is 15.5. The van der Waals surface area contributed by atoms with Crippen LogP contribution >= 0.6 is 0 Å². The molecule has 0 saturated carbocycles. The Hall–Kier alpha value is -2.09. The van der Waals surface area contributed by atoms with Gasteiger partial charge in [0.05, 0.1) is 18.6 Å². The van der Waals surface area contributed by atoms with E-state index in [2.05, 4.69) is 10.1 Å². The lowest BCUT2D eigenvalue weighted by molar-refractivity contribution is -0.139. The Morgan fingerprint density at radius 1 is 1.29 bits per heavy atom. The fourth-order valence-corrected chi connectivity index (χ4v) is 3.60. The molecule has 114 valence electrons. The minimum absolute atomic E-state index is 0.147. The van der Waals surface area contributed by atoms with Crippen molar-refractivity contribution in [3.63, 3.8) is 0 Å². The van der Waals surface area contributed by atoms with Gasteiger partial charge in [-0.3, -0.25) is 13.9 Å². The molecule has 0 aromatic heterocycles. The lowest BCUT2D eigenvalue weighted by Crippen LogP contribution is -2.30. The molecule has 0 aliphatic carbocycles. The van der Waals surface area contributed by atoms with Gasteiger partial charge in [0, 0.05) is 12.1 Å². The first kappa shape index (κ1) is 15.3. The summed E-state index contributed by atoms with van der Waals surface area (Å²) in [5.41, 5.74) is 0.885. The number of anilines is 1. The van der Waals surface area contributed by atoms with E-state index in [1.165, 1.54) is 23.5 Å². The van der Waals surface area contributed by atoms with Crippen molar-refractivity contribution >= 4 is 27.6 Å². The number of nitrogens with one attached hydrogen (secondary N) is 1. The molecule has 1 heterocycles.